The number of hydrazone groups is 1. The predicted molar refractivity (Wildman–Crippen MR) is 109 cm³/mol. The number of rotatable bonds is 5. The van der Waals surface area contributed by atoms with Crippen LogP contribution in [0.5, 0.6) is 5.75 Å². The number of carbonyl (C=O) groups excluding carboxylic acids is 1. The summed E-state index contributed by atoms with van der Waals surface area (Å²) in [7, 11) is 0. The molecule has 0 radical (unpaired) electrons. The third-order valence-corrected chi connectivity index (χ3v) is 5.34. The Balaban J connectivity index is 1.63. The highest BCUT2D eigenvalue weighted by atomic mass is 79.9. The van der Waals surface area contributed by atoms with E-state index in [9.17, 15) is 9.90 Å². The van der Waals surface area contributed by atoms with Gasteiger partial charge in [-0.2, -0.15) is 5.10 Å². The molecule has 0 bridgehead atoms. The molecular formula is C16H10Br2Cl2N4O3. The minimum absolute atomic E-state index is 0.0820. The average molecular weight is 537 g/mol. The van der Waals surface area contributed by atoms with Gasteiger partial charge in [0.05, 0.1) is 28.0 Å². The van der Waals surface area contributed by atoms with E-state index in [1.807, 2.05) is 0 Å². The van der Waals surface area contributed by atoms with Crippen molar-refractivity contribution in [1.29, 1.82) is 0 Å². The molecule has 0 saturated heterocycles. The van der Waals surface area contributed by atoms with Crippen LogP contribution in [0.1, 0.15) is 21.9 Å². The monoisotopic (exact) mass is 534 g/mol. The maximum absolute atomic E-state index is 12.1. The summed E-state index contributed by atoms with van der Waals surface area (Å²) in [5.74, 6) is 0.173. The Morgan fingerprint density at radius 2 is 2.04 bits per heavy atom. The van der Waals surface area contributed by atoms with E-state index in [-0.39, 0.29) is 28.4 Å². The first-order valence-corrected chi connectivity index (χ1v) is 9.65. The maximum atomic E-state index is 12.1. The van der Waals surface area contributed by atoms with E-state index in [0.29, 0.717) is 20.3 Å². The van der Waals surface area contributed by atoms with Gasteiger partial charge in [0.2, 0.25) is 0 Å². The molecule has 0 unspecified atom stereocenters. The highest BCUT2D eigenvalue weighted by Crippen LogP contribution is 2.32. The lowest BCUT2D eigenvalue weighted by Crippen LogP contribution is -2.16. The highest BCUT2D eigenvalue weighted by Gasteiger charge is 2.13. The van der Waals surface area contributed by atoms with Crippen LogP contribution in [0.2, 0.25) is 10.3 Å². The van der Waals surface area contributed by atoms with Crippen molar-refractivity contribution in [1.82, 2.24) is 15.0 Å². The van der Waals surface area contributed by atoms with Gasteiger partial charge in [-0.3, -0.25) is 4.79 Å². The summed E-state index contributed by atoms with van der Waals surface area (Å²) in [6.45, 7) is 0.282. The fourth-order valence-corrected chi connectivity index (χ4v) is 3.61. The van der Waals surface area contributed by atoms with Crippen LogP contribution in [0.4, 0.5) is 0 Å². The quantitative estimate of drug-likeness (QED) is 0.361. The second-order valence-corrected chi connectivity index (χ2v) is 7.68. The molecule has 11 heteroatoms. The van der Waals surface area contributed by atoms with Gasteiger partial charge in [-0.1, -0.05) is 23.2 Å². The van der Waals surface area contributed by atoms with E-state index in [1.165, 1.54) is 18.6 Å². The van der Waals surface area contributed by atoms with Crippen LogP contribution in [0.25, 0.3) is 0 Å². The molecule has 0 aliphatic heterocycles. The molecule has 0 spiro atoms. The van der Waals surface area contributed by atoms with Crippen LogP contribution in [-0.2, 0) is 6.54 Å². The van der Waals surface area contributed by atoms with Crippen LogP contribution in [-0.4, -0.2) is 26.8 Å². The molecule has 0 fully saturated rings. The van der Waals surface area contributed by atoms with Gasteiger partial charge in [-0.15, -0.1) is 0 Å². The van der Waals surface area contributed by atoms with E-state index >= 15 is 0 Å². The zero-order valence-electron chi connectivity index (χ0n) is 13.3. The lowest BCUT2D eigenvalue weighted by atomic mass is 10.2. The molecule has 0 aliphatic rings. The second-order valence-electron chi connectivity index (χ2n) is 5.25. The number of nitrogens with zero attached hydrogens (tertiary/aromatic N) is 3. The largest absolute Gasteiger partial charge is 0.506 e. The van der Waals surface area contributed by atoms with Gasteiger partial charge in [-0.05, 0) is 61.7 Å². The first-order valence-electron chi connectivity index (χ1n) is 7.31. The maximum Gasteiger partial charge on any atom is 0.307 e. The van der Waals surface area contributed by atoms with Gasteiger partial charge < -0.3 is 14.1 Å². The van der Waals surface area contributed by atoms with Crippen LogP contribution in [0.15, 0.2) is 49.1 Å². The SMILES string of the molecule is O=C(NN=Cc1cc(Br)c(O)c(Br)c1)c1ccc(Cn2cnc(Cl)c2Cl)o1. The molecule has 3 aromatic rings. The van der Waals surface area contributed by atoms with E-state index < -0.39 is 5.91 Å². The number of phenols is 1. The number of hydrogen-bond acceptors (Lipinski definition) is 5. The molecule has 0 saturated carbocycles. The van der Waals surface area contributed by atoms with E-state index in [4.69, 9.17) is 27.6 Å². The van der Waals surface area contributed by atoms with Gasteiger partial charge in [0.1, 0.15) is 16.7 Å². The Bertz CT molecular complexity index is 1010. The number of carbonyl (C=O) groups is 1. The first-order chi connectivity index (χ1) is 12.8. The fraction of sp³-hybridized carbons (Fsp3) is 0.0625. The van der Waals surface area contributed by atoms with Crippen molar-refractivity contribution < 1.29 is 14.3 Å². The van der Waals surface area contributed by atoms with Crippen molar-refractivity contribution in [2.45, 2.75) is 6.54 Å². The molecule has 0 aliphatic carbocycles. The third kappa shape index (κ3) is 4.73. The molecule has 2 aromatic heterocycles. The zero-order valence-corrected chi connectivity index (χ0v) is 18.0. The van der Waals surface area contributed by atoms with Crippen LogP contribution in [0, 0.1) is 0 Å². The zero-order chi connectivity index (χ0) is 19.6. The van der Waals surface area contributed by atoms with E-state index in [2.05, 4.69) is 47.4 Å². The molecule has 3 rings (SSSR count). The van der Waals surface area contributed by atoms with Crippen molar-refractivity contribution >= 4 is 67.2 Å². The van der Waals surface area contributed by atoms with E-state index in [0.717, 1.165) is 0 Å². The van der Waals surface area contributed by atoms with Crippen molar-refractivity contribution in [3.63, 3.8) is 0 Å². The number of aromatic hydroxyl groups is 1. The fourth-order valence-electron chi connectivity index (χ4n) is 2.09. The summed E-state index contributed by atoms with van der Waals surface area (Å²) in [5, 5.41) is 14.0. The Morgan fingerprint density at radius 3 is 2.67 bits per heavy atom. The summed E-state index contributed by atoms with van der Waals surface area (Å²) < 4.78 is 8.07. The van der Waals surface area contributed by atoms with Crippen LogP contribution in [0.3, 0.4) is 0 Å². The highest BCUT2D eigenvalue weighted by molar-refractivity contribution is 9.11. The smallest absolute Gasteiger partial charge is 0.307 e. The summed E-state index contributed by atoms with van der Waals surface area (Å²) in [4.78, 5) is 16.0. The minimum atomic E-state index is -0.510. The number of halogens is 4. The van der Waals surface area contributed by atoms with Gasteiger partial charge >= 0.3 is 5.91 Å². The Hall–Kier alpha value is -1.81. The normalized spacial score (nSPS) is 11.3. The molecule has 1 aromatic carbocycles. The molecule has 7 nitrogen and oxygen atoms in total. The molecule has 2 heterocycles. The number of phenolic OH excluding ortho intramolecular Hbond substituents is 1. The van der Waals surface area contributed by atoms with Gasteiger partial charge in [0.25, 0.3) is 0 Å². The number of imidazole rings is 1. The van der Waals surface area contributed by atoms with Gasteiger partial charge in [0, 0.05) is 0 Å². The topological polar surface area (TPSA) is 92.7 Å². The predicted octanol–water partition coefficient (Wildman–Crippen LogP) is 4.83. The standard InChI is InChI=1S/C16H10Br2Cl2N4O3/c17-10-3-8(4-11(18)13(10)25)5-22-23-16(26)12-2-1-9(27-12)6-24-7-21-14(19)15(24)20/h1-5,7,25H,6H2,(H,23,26). The van der Waals surface area contributed by atoms with Crippen molar-refractivity contribution in [3.8, 4) is 5.75 Å². The number of hydrogen-bond donors (Lipinski definition) is 2. The lowest BCUT2D eigenvalue weighted by Gasteiger charge is -2.02. The Labute approximate surface area is 180 Å². The van der Waals surface area contributed by atoms with Gasteiger partial charge in [-0.25, -0.2) is 10.4 Å². The molecule has 1 amide bonds. The average Bonchev–Trinajstić information content (AvgIpc) is 3.22. The van der Waals surface area contributed by atoms with Crippen molar-refractivity contribution in [2.75, 3.05) is 0 Å². The third-order valence-electron chi connectivity index (χ3n) is 3.36. The van der Waals surface area contributed by atoms with Crippen LogP contribution >= 0.6 is 55.1 Å². The summed E-state index contributed by atoms with van der Waals surface area (Å²) in [5.41, 5.74) is 3.04. The molecule has 2 N–H and O–H groups in total. The minimum Gasteiger partial charge on any atom is -0.506 e. The van der Waals surface area contributed by atoms with Crippen molar-refractivity contribution in [2.24, 2.45) is 5.10 Å². The van der Waals surface area contributed by atoms with Gasteiger partial charge in [0.15, 0.2) is 10.9 Å². The lowest BCUT2D eigenvalue weighted by molar-refractivity contribution is 0.0925. The molecular weight excluding hydrogens is 527 g/mol. The first kappa shape index (κ1) is 19.9. The number of benzene rings is 1. The van der Waals surface area contributed by atoms with E-state index in [1.54, 1.807) is 22.8 Å². The summed E-state index contributed by atoms with van der Waals surface area (Å²) in [6, 6.07) is 6.49. The summed E-state index contributed by atoms with van der Waals surface area (Å²) in [6.07, 6.45) is 2.91. The Kier molecular flexibility index (Phi) is 6.25. The van der Waals surface area contributed by atoms with Crippen LogP contribution < -0.4 is 5.43 Å². The second kappa shape index (κ2) is 8.47. The molecule has 27 heavy (non-hydrogen) atoms. The molecule has 0 atom stereocenters. The Morgan fingerprint density at radius 1 is 1.33 bits per heavy atom. The number of nitrogens with one attached hydrogen (secondary N) is 1. The molecule has 140 valence electrons. The van der Waals surface area contributed by atoms with Crippen molar-refractivity contribution in [3.05, 3.63) is 66.9 Å². The number of aromatic nitrogens is 2. The summed E-state index contributed by atoms with van der Waals surface area (Å²) >= 11 is 18.2. The number of amides is 1. The number of furan rings is 1.